The zero-order valence-electron chi connectivity index (χ0n) is 16.2. The van der Waals surface area contributed by atoms with Gasteiger partial charge in [0.25, 0.3) is 5.91 Å². The van der Waals surface area contributed by atoms with Gasteiger partial charge in [-0.05, 0) is 36.6 Å². The maximum absolute atomic E-state index is 14.1. The van der Waals surface area contributed by atoms with E-state index >= 15 is 0 Å². The molecule has 1 aliphatic carbocycles. The lowest BCUT2D eigenvalue weighted by Gasteiger charge is -2.25. The maximum atomic E-state index is 14.1. The minimum atomic E-state index is -0.530. The van der Waals surface area contributed by atoms with Gasteiger partial charge in [-0.3, -0.25) is 9.59 Å². The summed E-state index contributed by atoms with van der Waals surface area (Å²) < 4.78 is 15.9. The van der Waals surface area contributed by atoms with Crippen LogP contribution in [0, 0.1) is 5.82 Å². The lowest BCUT2D eigenvalue weighted by Crippen LogP contribution is -2.31. The van der Waals surface area contributed by atoms with Crippen LogP contribution in [0.3, 0.4) is 0 Å². The van der Waals surface area contributed by atoms with E-state index in [9.17, 15) is 14.0 Å². The van der Waals surface area contributed by atoms with E-state index in [0.717, 1.165) is 23.9 Å². The fourth-order valence-corrected chi connectivity index (χ4v) is 4.63. The van der Waals surface area contributed by atoms with Gasteiger partial charge in [-0.1, -0.05) is 36.4 Å². The summed E-state index contributed by atoms with van der Waals surface area (Å²) in [5.41, 5.74) is 3.15. The van der Waals surface area contributed by atoms with Crippen LogP contribution in [0.5, 0.6) is 0 Å². The second-order valence-electron chi connectivity index (χ2n) is 7.78. The van der Waals surface area contributed by atoms with Crippen molar-refractivity contribution in [3.8, 4) is 0 Å². The van der Waals surface area contributed by atoms with Gasteiger partial charge in [-0.15, -0.1) is 0 Å². The van der Waals surface area contributed by atoms with Crippen molar-refractivity contribution in [1.29, 1.82) is 0 Å². The van der Waals surface area contributed by atoms with Crippen molar-refractivity contribution >= 4 is 28.2 Å². The summed E-state index contributed by atoms with van der Waals surface area (Å²) in [5, 5.41) is 0.612. The van der Waals surface area contributed by atoms with Crippen molar-refractivity contribution in [2.75, 3.05) is 13.1 Å². The number of ketones is 1. The Morgan fingerprint density at radius 1 is 1.07 bits per heavy atom. The van der Waals surface area contributed by atoms with Crippen molar-refractivity contribution in [1.82, 2.24) is 9.47 Å². The number of nitrogens with zero attached hydrogens (tertiary/aromatic N) is 2. The van der Waals surface area contributed by atoms with E-state index in [1.807, 2.05) is 42.3 Å². The second kappa shape index (κ2) is 6.69. The number of carbonyl (C=O) groups is 2. The standard InChI is InChI=1S/C24H21FN2O2/c1-26-20-10-9-16(25)13-18(20)21-19(24(29)27-11-5-6-12-27)14-17(23(28)22(21)26)15-7-3-2-4-8-15/h2-4,7-10,13-14,17H,5-6,11-12H2,1H3. The highest BCUT2D eigenvalue weighted by atomic mass is 19.1. The number of aromatic nitrogens is 1. The molecule has 2 heterocycles. The fourth-order valence-electron chi connectivity index (χ4n) is 4.63. The summed E-state index contributed by atoms with van der Waals surface area (Å²) in [6.45, 7) is 1.43. The summed E-state index contributed by atoms with van der Waals surface area (Å²) in [4.78, 5) is 28.8. The Balaban J connectivity index is 1.77. The molecular formula is C24H21FN2O2. The molecule has 0 bridgehead atoms. The Kier molecular flexibility index (Phi) is 4.12. The number of aryl methyl sites for hydroxylation is 1. The molecule has 0 saturated carbocycles. The molecule has 1 fully saturated rings. The molecule has 29 heavy (non-hydrogen) atoms. The molecule has 1 aliphatic heterocycles. The van der Waals surface area contributed by atoms with Crippen LogP contribution in [0.4, 0.5) is 4.39 Å². The van der Waals surface area contributed by atoms with Crippen LogP contribution in [-0.2, 0) is 11.8 Å². The van der Waals surface area contributed by atoms with Crippen LogP contribution in [0.25, 0.3) is 16.5 Å². The average Bonchev–Trinajstić information content (AvgIpc) is 3.36. The molecule has 4 nitrogen and oxygen atoms in total. The average molecular weight is 388 g/mol. The fraction of sp³-hybridized carbons (Fsp3) is 0.250. The van der Waals surface area contributed by atoms with Crippen LogP contribution in [0.15, 0.2) is 54.6 Å². The SMILES string of the molecule is Cn1c2c(c3cc(F)ccc31)C(C(=O)N1CCCC1)=CC(c1ccccc1)C2=O. The first-order chi connectivity index (χ1) is 14.1. The Hall–Kier alpha value is -3.21. The molecule has 1 saturated heterocycles. The molecule has 5 rings (SSSR count). The smallest absolute Gasteiger partial charge is 0.254 e. The van der Waals surface area contributed by atoms with E-state index < -0.39 is 5.92 Å². The summed E-state index contributed by atoms with van der Waals surface area (Å²) in [6.07, 6.45) is 3.75. The number of likely N-dealkylation sites (tertiary alicyclic amines) is 1. The van der Waals surface area contributed by atoms with Gasteiger partial charge in [-0.25, -0.2) is 4.39 Å². The first-order valence-corrected chi connectivity index (χ1v) is 9.95. The van der Waals surface area contributed by atoms with E-state index in [1.54, 1.807) is 16.7 Å². The van der Waals surface area contributed by atoms with Crippen LogP contribution < -0.4 is 0 Å². The first kappa shape index (κ1) is 17.9. The lowest BCUT2D eigenvalue weighted by molar-refractivity contribution is -0.124. The van der Waals surface area contributed by atoms with Crippen LogP contribution >= 0.6 is 0 Å². The number of fused-ring (bicyclic) bond motifs is 3. The van der Waals surface area contributed by atoms with Crippen molar-refractivity contribution in [2.45, 2.75) is 18.8 Å². The predicted octanol–water partition coefficient (Wildman–Crippen LogP) is 4.30. The van der Waals surface area contributed by atoms with Crippen molar-refractivity contribution < 1.29 is 14.0 Å². The van der Waals surface area contributed by atoms with E-state index in [0.29, 0.717) is 35.3 Å². The number of amides is 1. The summed E-state index contributed by atoms with van der Waals surface area (Å²) in [5.74, 6) is -1.05. The van der Waals surface area contributed by atoms with Crippen LogP contribution in [0.2, 0.25) is 0 Å². The molecule has 5 heteroatoms. The summed E-state index contributed by atoms with van der Waals surface area (Å²) >= 11 is 0. The number of Topliss-reactive ketones (excluding diaryl/α,β-unsaturated/α-hetero) is 1. The molecule has 1 atom stereocenters. The first-order valence-electron chi connectivity index (χ1n) is 9.95. The van der Waals surface area contributed by atoms with Gasteiger partial charge in [0.15, 0.2) is 5.78 Å². The molecule has 3 aromatic rings. The molecule has 146 valence electrons. The molecule has 0 spiro atoms. The van der Waals surface area contributed by atoms with Crippen molar-refractivity contribution in [3.63, 3.8) is 0 Å². The molecular weight excluding hydrogens is 367 g/mol. The van der Waals surface area contributed by atoms with Gasteiger partial charge < -0.3 is 9.47 Å². The van der Waals surface area contributed by atoms with Crippen LogP contribution in [-0.4, -0.2) is 34.2 Å². The largest absolute Gasteiger partial charge is 0.341 e. The minimum Gasteiger partial charge on any atom is -0.341 e. The molecule has 2 aromatic carbocycles. The Morgan fingerprint density at radius 2 is 1.79 bits per heavy atom. The van der Waals surface area contributed by atoms with E-state index in [-0.39, 0.29) is 17.5 Å². The van der Waals surface area contributed by atoms with Crippen molar-refractivity contribution in [2.24, 2.45) is 7.05 Å². The van der Waals surface area contributed by atoms with Gasteiger partial charge in [-0.2, -0.15) is 0 Å². The number of hydrogen-bond donors (Lipinski definition) is 0. The van der Waals surface area contributed by atoms with Crippen LogP contribution in [0.1, 0.15) is 40.4 Å². The van der Waals surface area contributed by atoms with E-state index in [4.69, 9.17) is 0 Å². The Labute approximate surface area is 168 Å². The number of rotatable bonds is 2. The van der Waals surface area contributed by atoms with E-state index in [2.05, 4.69) is 0 Å². The highest BCUT2D eigenvalue weighted by molar-refractivity contribution is 6.29. The third kappa shape index (κ3) is 2.72. The number of benzene rings is 2. The van der Waals surface area contributed by atoms with Gasteiger partial charge in [0.05, 0.1) is 11.6 Å². The van der Waals surface area contributed by atoms with Gasteiger partial charge >= 0.3 is 0 Å². The lowest BCUT2D eigenvalue weighted by atomic mass is 9.82. The van der Waals surface area contributed by atoms with Gasteiger partial charge in [0, 0.05) is 42.2 Å². The summed E-state index contributed by atoms with van der Waals surface area (Å²) in [6, 6.07) is 14.0. The number of carbonyl (C=O) groups excluding carboxylic acids is 2. The zero-order chi connectivity index (χ0) is 20.1. The molecule has 0 N–H and O–H groups in total. The van der Waals surface area contributed by atoms with Gasteiger partial charge in [0.2, 0.25) is 0 Å². The third-order valence-electron chi connectivity index (χ3n) is 6.06. The zero-order valence-corrected chi connectivity index (χ0v) is 16.2. The molecule has 0 radical (unpaired) electrons. The quantitative estimate of drug-likeness (QED) is 0.657. The second-order valence-corrected chi connectivity index (χ2v) is 7.78. The number of allylic oxidation sites excluding steroid dienone is 1. The maximum Gasteiger partial charge on any atom is 0.254 e. The highest BCUT2D eigenvalue weighted by Crippen LogP contribution is 2.41. The predicted molar refractivity (Wildman–Crippen MR) is 110 cm³/mol. The third-order valence-corrected chi connectivity index (χ3v) is 6.06. The van der Waals surface area contributed by atoms with E-state index in [1.165, 1.54) is 12.1 Å². The monoisotopic (exact) mass is 388 g/mol. The molecule has 1 aromatic heterocycles. The number of hydrogen-bond acceptors (Lipinski definition) is 2. The molecule has 1 unspecified atom stereocenters. The van der Waals surface area contributed by atoms with Gasteiger partial charge in [0.1, 0.15) is 5.82 Å². The number of halogens is 1. The molecule has 2 aliphatic rings. The Bertz CT molecular complexity index is 1170. The summed E-state index contributed by atoms with van der Waals surface area (Å²) in [7, 11) is 1.81. The normalized spacial score (nSPS) is 18.8. The molecule has 1 amide bonds. The van der Waals surface area contributed by atoms with Crippen molar-refractivity contribution in [3.05, 3.63) is 77.2 Å². The highest BCUT2D eigenvalue weighted by Gasteiger charge is 2.37. The minimum absolute atomic E-state index is 0.0664. The Morgan fingerprint density at radius 3 is 2.52 bits per heavy atom. The topological polar surface area (TPSA) is 42.3 Å².